The van der Waals surface area contributed by atoms with E-state index < -0.39 is 5.97 Å². The van der Waals surface area contributed by atoms with Crippen molar-refractivity contribution in [3.63, 3.8) is 0 Å². The number of aromatic nitrogens is 3. The molecular formula is C12H16N4O2. The maximum Gasteiger partial charge on any atom is 0.339 e. The normalized spacial score (nSPS) is 10.8. The van der Waals surface area contributed by atoms with Crippen molar-refractivity contribution >= 4 is 22.7 Å². The van der Waals surface area contributed by atoms with Gasteiger partial charge in [-0.05, 0) is 20.8 Å². The van der Waals surface area contributed by atoms with Gasteiger partial charge in [-0.2, -0.15) is 5.10 Å². The largest absolute Gasteiger partial charge is 0.478 e. The Morgan fingerprint density at radius 2 is 2.22 bits per heavy atom. The number of carboxylic acid groups (broad SMARTS) is 1. The number of hydrogen-bond donors (Lipinski definition) is 2. The number of hydrogen-bond acceptors (Lipinski definition) is 4. The molecule has 2 N–H and O–H groups in total. The summed E-state index contributed by atoms with van der Waals surface area (Å²) in [5.41, 5.74) is 2.05. The fraction of sp³-hybridized carbons (Fsp3) is 0.417. The molecule has 2 heterocycles. The fourth-order valence-corrected chi connectivity index (χ4v) is 2.06. The fourth-order valence-electron chi connectivity index (χ4n) is 2.06. The van der Waals surface area contributed by atoms with Crippen LogP contribution in [0.15, 0.2) is 6.20 Å². The third-order valence-corrected chi connectivity index (χ3v) is 2.83. The highest BCUT2D eigenvalue weighted by Gasteiger charge is 2.20. The molecule has 2 rings (SSSR count). The number of rotatable bonds is 4. The molecule has 0 spiro atoms. The van der Waals surface area contributed by atoms with Crippen molar-refractivity contribution in [2.75, 3.05) is 11.9 Å². The van der Waals surface area contributed by atoms with Crippen molar-refractivity contribution in [2.45, 2.75) is 27.3 Å². The van der Waals surface area contributed by atoms with E-state index in [1.54, 1.807) is 17.8 Å². The van der Waals surface area contributed by atoms with Gasteiger partial charge in [-0.1, -0.05) is 0 Å². The Balaban J connectivity index is 2.81. The Hall–Kier alpha value is -2.11. The Morgan fingerprint density at radius 1 is 1.50 bits per heavy atom. The molecule has 0 bridgehead atoms. The van der Waals surface area contributed by atoms with E-state index >= 15 is 0 Å². The number of nitrogens with one attached hydrogen (secondary N) is 1. The number of pyridine rings is 1. The zero-order chi connectivity index (χ0) is 13.3. The first-order chi connectivity index (χ1) is 8.60. The van der Waals surface area contributed by atoms with Gasteiger partial charge in [0.1, 0.15) is 5.56 Å². The van der Waals surface area contributed by atoms with Crippen LogP contribution in [-0.2, 0) is 6.54 Å². The Morgan fingerprint density at radius 3 is 2.78 bits per heavy atom. The van der Waals surface area contributed by atoms with Crippen LogP contribution in [0.3, 0.4) is 0 Å². The van der Waals surface area contributed by atoms with Gasteiger partial charge in [0.2, 0.25) is 0 Å². The molecule has 2 aromatic rings. The first-order valence-corrected chi connectivity index (χ1v) is 5.93. The van der Waals surface area contributed by atoms with Crippen molar-refractivity contribution in [3.05, 3.63) is 17.5 Å². The summed E-state index contributed by atoms with van der Waals surface area (Å²) in [4.78, 5) is 15.7. The van der Waals surface area contributed by atoms with Crippen LogP contribution in [-0.4, -0.2) is 32.4 Å². The van der Waals surface area contributed by atoms with Gasteiger partial charge >= 0.3 is 5.97 Å². The van der Waals surface area contributed by atoms with Gasteiger partial charge < -0.3 is 10.4 Å². The zero-order valence-corrected chi connectivity index (χ0v) is 10.7. The van der Waals surface area contributed by atoms with Crippen LogP contribution < -0.4 is 5.32 Å². The quantitative estimate of drug-likeness (QED) is 0.863. The van der Waals surface area contributed by atoms with Crippen LogP contribution in [0.25, 0.3) is 11.0 Å². The molecule has 0 radical (unpaired) electrons. The number of nitrogens with zero attached hydrogens (tertiary/aromatic N) is 3. The second-order valence-electron chi connectivity index (χ2n) is 3.98. The van der Waals surface area contributed by atoms with Crippen LogP contribution in [0.4, 0.5) is 5.69 Å². The summed E-state index contributed by atoms with van der Waals surface area (Å²) >= 11 is 0. The lowest BCUT2D eigenvalue weighted by molar-refractivity contribution is 0.0697. The standard InChI is InChI=1S/C12H16N4O2/c1-4-13-10-8-6-14-16(5-2)11(8)15-7(3)9(10)12(17)18/h6H,4-5H2,1-3H3,(H,13,15)(H,17,18). The number of carbonyl (C=O) groups is 1. The summed E-state index contributed by atoms with van der Waals surface area (Å²) in [5, 5.41) is 17.4. The lowest BCUT2D eigenvalue weighted by Crippen LogP contribution is -2.10. The van der Waals surface area contributed by atoms with E-state index in [0.717, 1.165) is 11.0 Å². The van der Waals surface area contributed by atoms with E-state index in [1.807, 2.05) is 13.8 Å². The third kappa shape index (κ3) is 1.79. The van der Waals surface area contributed by atoms with Crippen LogP contribution >= 0.6 is 0 Å². The minimum absolute atomic E-state index is 0.222. The number of aromatic carboxylic acids is 1. The first-order valence-electron chi connectivity index (χ1n) is 5.93. The minimum atomic E-state index is -0.970. The maximum absolute atomic E-state index is 11.3. The summed E-state index contributed by atoms with van der Waals surface area (Å²) in [6.45, 7) is 6.96. The van der Waals surface area contributed by atoms with Gasteiger partial charge in [-0.25, -0.2) is 14.5 Å². The molecule has 6 heteroatoms. The van der Waals surface area contributed by atoms with E-state index in [2.05, 4.69) is 15.4 Å². The topological polar surface area (TPSA) is 80.0 Å². The first kappa shape index (κ1) is 12.3. The molecule has 96 valence electrons. The number of anilines is 1. The molecule has 0 saturated carbocycles. The van der Waals surface area contributed by atoms with Crippen molar-refractivity contribution in [3.8, 4) is 0 Å². The lowest BCUT2D eigenvalue weighted by atomic mass is 10.1. The van der Waals surface area contributed by atoms with Crippen molar-refractivity contribution in [1.29, 1.82) is 0 Å². The van der Waals surface area contributed by atoms with Gasteiger partial charge in [0.25, 0.3) is 0 Å². The van der Waals surface area contributed by atoms with Gasteiger partial charge in [0.15, 0.2) is 5.65 Å². The minimum Gasteiger partial charge on any atom is -0.478 e. The highest BCUT2D eigenvalue weighted by molar-refractivity contribution is 6.04. The van der Waals surface area contributed by atoms with Gasteiger partial charge in [-0.15, -0.1) is 0 Å². The maximum atomic E-state index is 11.3. The Bertz CT molecular complexity index is 604. The van der Waals surface area contributed by atoms with E-state index in [9.17, 15) is 9.90 Å². The Kier molecular flexibility index (Phi) is 3.18. The predicted molar refractivity (Wildman–Crippen MR) is 69.1 cm³/mol. The van der Waals surface area contributed by atoms with Crippen molar-refractivity contribution in [2.24, 2.45) is 0 Å². The zero-order valence-electron chi connectivity index (χ0n) is 10.7. The molecule has 0 aromatic carbocycles. The molecule has 0 unspecified atom stereocenters. The van der Waals surface area contributed by atoms with Gasteiger partial charge in [0, 0.05) is 13.1 Å². The monoisotopic (exact) mass is 248 g/mol. The van der Waals surface area contributed by atoms with Crippen LogP contribution in [0, 0.1) is 6.92 Å². The summed E-state index contributed by atoms with van der Waals surface area (Å²) in [6, 6.07) is 0. The lowest BCUT2D eigenvalue weighted by Gasteiger charge is -2.11. The van der Waals surface area contributed by atoms with Crippen LogP contribution in [0.5, 0.6) is 0 Å². The van der Waals surface area contributed by atoms with Gasteiger partial charge in [0.05, 0.1) is 23.0 Å². The van der Waals surface area contributed by atoms with Crippen LogP contribution in [0.1, 0.15) is 29.9 Å². The number of carboxylic acids is 1. The average molecular weight is 248 g/mol. The molecular weight excluding hydrogens is 232 g/mol. The molecule has 0 amide bonds. The highest BCUT2D eigenvalue weighted by atomic mass is 16.4. The van der Waals surface area contributed by atoms with E-state index in [-0.39, 0.29) is 5.56 Å². The van der Waals surface area contributed by atoms with Crippen molar-refractivity contribution in [1.82, 2.24) is 14.8 Å². The molecule has 18 heavy (non-hydrogen) atoms. The van der Waals surface area contributed by atoms with E-state index in [4.69, 9.17) is 0 Å². The second-order valence-corrected chi connectivity index (χ2v) is 3.98. The summed E-state index contributed by atoms with van der Waals surface area (Å²) in [7, 11) is 0. The predicted octanol–water partition coefficient (Wildman–Crippen LogP) is 1.89. The Labute approximate surface area is 105 Å². The van der Waals surface area contributed by atoms with E-state index in [1.165, 1.54) is 0 Å². The second kappa shape index (κ2) is 4.64. The van der Waals surface area contributed by atoms with E-state index in [0.29, 0.717) is 24.5 Å². The molecule has 6 nitrogen and oxygen atoms in total. The third-order valence-electron chi connectivity index (χ3n) is 2.83. The molecule has 0 aliphatic rings. The molecule has 0 saturated heterocycles. The molecule has 0 fully saturated rings. The average Bonchev–Trinajstić information content (AvgIpc) is 2.71. The van der Waals surface area contributed by atoms with Crippen molar-refractivity contribution < 1.29 is 9.90 Å². The van der Waals surface area contributed by atoms with Crippen LogP contribution in [0.2, 0.25) is 0 Å². The molecule has 0 aliphatic carbocycles. The SMILES string of the molecule is CCNc1c(C(=O)O)c(C)nc2c1cnn2CC. The molecule has 0 aliphatic heterocycles. The summed E-state index contributed by atoms with van der Waals surface area (Å²) < 4.78 is 1.76. The summed E-state index contributed by atoms with van der Waals surface area (Å²) in [6.07, 6.45) is 1.66. The molecule has 0 atom stereocenters. The van der Waals surface area contributed by atoms with Gasteiger partial charge in [-0.3, -0.25) is 0 Å². The number of aryl methyl sites for hydroxylation is 2. The molecule has 2 aromatic heterocycles. The summed E-state index contributed by atoms with van der Waals surface area (Å²) in [5.74, 6) is -0.970. The number of fused-ring (bicyclic) bond motifs is 1. The highest BCUT2D eigenvalue weighted by Crippen LogP contribution is 2.28. The smallest absolute Gasteiger partial charge is 0.339 e.